The largest absolute Gasteiger partial charge is 0.481 e. The minimum Gasteiger partial charge on any atom is -0.481 e. The number of nitrogens with one attached hydrogen (secondary N) is 1. The number of rotatable bonds is 5. The molecular formula is C11H13Cl2NO3S. The molecule has 2 N–H and O–H groups in total. The smallest absolute Gasteiger partial charge is 0.309 e. The summed E-state index contributed by atoms with van der Waals surface area (Å²) in [6.07, 6.45) is 0.337. The maximum Gasteiger partial charge on any atom is 0.309 e. The summed E-state index contributed by atoms with van der Waals surface area (Å²) >= 11 is 12.7. The highest BCUT2D eigenvalue weighted by atomic mass is 35.5. The van der Waals surface area contributed by atoms with Crippen LogP contribution in [0.2, 0.25) is 8.67 Å². The molecule has 0 aliphatic heterocycles. The summed E-state index contributed by atoms with van der Waals surface area (Å²) in [5, 5.41) is 11.5. The van der Waals surface area contributed by atoms with Crippen LogP contribution in [-0.2, 0) is 4.79 Å². The predicted molar refractivity (Wildman–Crippen MR) is 72.7 cm³/mol. The number of carbonyl (C=O) groups excluding carboxylic acids is 1. The molecule has 0 aliphatic rings. The number of hydrogen-bond acceptors (Lipinski definition) is 3. The third kappa shape index (κ3) is 3.86. The Kier molecular flexibility index (Phi) is 5.01. The third-order valence-corrected chi connectivity index (χ3v) is 4.00. The van der Waals surface area contributed by atoms with E-state index in [0.717, 1.165) is 11.3 Å². The molecular weight excluding hydrogens is 297 g/mol. The Hall–Kier alpha value is -0.780. The maximum atomic E-state index is 11.7. The number of thiophene rings is 1. The van der Waals surface area contributed by atoms with E-state index in [9.17, 15) is 9.59 Å². The average Bonchev–Trinajstić information content (AvgIpc) is 2.57. The molecule has 0 bridgehead atoms. The van der Waals surface area contributed by atoms with Crippen molar-refractivity contribution < 1.29 is 14.7 Å². The molecule has 0 radical (unpaired) electrons. The van der Waals surface area contributed by atoms with Gasteiger partial charge in [-0.1, -0.05) is 23.2 Å². The van der Waals surface area contributed by atoms with E-state index in [-0.39, 0.29) is 12.5 Å². The van der Waals surface area contributed by atoms with Gasteiger partial charge in [-0.2, -0.15) is 0 Å². The number of amides is 1. The maximum absolute atomic E-state index is 11.7. The molecule has 0 atom stereocenters. The fourth-order valence-electron chi connectivity index (χ4n) is 1.19. The number of carboxylic acids is 1. The van der Waals surface area contributed by atoms with Crippen LogP contribution in [0.3, 0.4) is 0 Å². The molecule has 7 heteroatoms. The Morgan fingerprint density at radius 1 is 1.44 bits per heavy atom. The third-order valence-electron chi connectivity index (χ3n) is 2.52. The van der Waals surface area contributed by atoms with E-state index in [0.29, 0.717) is 20.7 Å². The molecule has 0 aliphatic carbocycles. The van der Waals surface area contributed by atoms with Gasteiger partial charge < -0.3 is 10.4 Å². The fourth-order valence-corrected chi connectivity index (χ4v) is 2.64. The van der Waals surface area contributed by atoms with E-state index < -0.39 is 11.4 Å². The van der Waals surface area contributed by atoms with E-state index in [2.05, 4.69) is 5.32 Å². The van der Waals surface area contributed by atoms with E-state index in [4.69, 9.17) is 28.3 Å². The van der Waals surface area contributed by atoms with Crippen LogP contribution in [0.4, 0.5) is 0 Å². The van der Waals surface area contributed by atoms with Crippen molar-refractivity contribution in [2.24, 2.45) is 5.41 Å². The zero-order valence-electron chi connectivity index (χ0n) is 9.92. The van der Waals surface area contributed by atoms with Gasteiger partial charge in [0.05, 0.1) is 15.3 Å². The molecule has 4 nitrogen and oxygen atoms in total. The standard InChI is InChI=1S/C11H13Cl2NO3S/c1-11(2,10(16)17)3-4-14-9(15)6-5-7(12)18-8(6)13/h5H,3-4H2,1-2H3,(H,14,15)(H,16,17). The van der Waals surface area contributed by atoms with Gasteiger partial charge in [0.2, 0.25) is 0 Å². The lowest BCUT2D eigenvalue weighted by atomic mass is 9.90. The van der Waals surface area contributed by atoms with E-state index >= 15 is 0 Å². The van der Waals surface area contributed by atoms with Crippen LogP contribution in [0.15, 0.2) is 6.07 Å². The molecule has 18 heavy (non-hydrogen) atoms. The van der Waals surface area contributed by atoms with Crippen LogP contribution >= 0.6 is 34.5 Å². The molecule has 0 saturated carbocycles. The van der Waals surface area contributed by atoms with Gasteiger partial charge in [-0.05, 0) is 26.3 Å². The molecule has 1 rings (SSSR count). The first-order valence-electron chi connectivity index (χ1n) is 5.20. The first-order chi connectivity index (χ1) is 8.24. The van der Waals surface area contributed by atoms with Gasteiger partial charge in [0.1, 0.15) is 4.34 Å². The summed E-state index contributed by atoms with van der Waals surface area (Å²) < 4.78 is 0.769. The van der Waals surface area contributed by atoms with Gasteiger partial charge in [0.15, 0.2) is 0 Å². The second-order valence-corrected chi connectivity index (χ2v) is 6.72. The number of halogens is 2. The van der Waals surface area contributed by atoms with Gasteiger partial charge in [0, 0.05) is 6.54 Å². The second-order valence-electron chi connectivity index (χ2n) is 4.43. The monoisotopic (exact) mass is 309 g/mol. The van der Waals surface area contributed by atoms with Crippen molar-refractivity contribution in [2.75, 3.05) is 6.54 Å². The minimum atomic E-state index is -0.895. The Balaban J connectivity index is 2.53. The molecule has 1 aromatic heterocycles. The number of carbonyl (C=O) groups is 2. The molecule has 0 spiro atoms. The van der Waals surface area contributed by atoms with Crippen molar-refractivity contribution in [2.45, 2.75) is 20.3 Å². The number of carboxylic acid groups (broad SMARTS) is 1. The van der Waals surface area contributed by atoms with Gasteiger partial charge in [-0.25, -0.2) is 0 Å². The van der Waals surface area contributed by atoms with Crippen molar-refractivity contribution >= 4 is 46.4 Å². The first-order valence-corrected chi connectivity index (χ1v) is 6.77. The number of hydrogen-bond donors (Lipinski definition) is 2. The van der Waals surface area contributed by atoms with Gasteiger partial charge in [-0.15, -0.1) is 11.3 Å². The Morgan fingerprint density at radius 3 is 2.50 bits per heavy atom. The highest BCUT2D eigenvalue weighted by Gasteiger charge is 2.26. The lowest BCUT2D eigenvalue weighted by Gasteiger charge is -2.18. The predicted octanol–water partition coefficient (Wildman–Crippen LogP) is 3.29. The van der Waals surface area contributed by atoms with Crippen LogP contribution in [0, 0.1) is 5.41 Å². The number of aliphatic carboxylic acids is 1. The molecule has 0 unspecified atom stereocenters. The normalized spacial score (nSPS) is 11.3. The second kappa shape index (κ2) is 5.91. The van der Waals surface area contributed by atoms with Crippen molar-refractivity contribution in [1.29, 1.82) is 0 Å². The van der Waals surface area contributed by atoms with E-state index in [1.54, 1.807) is 13.8 Å². The Bertz CT molecular complexity index is 471. The molecule has 1 heterocycles. The summed E-state index contributed by atoms with van der Waals surface area (Å²) in [5.74, 6) is -1.24. The lowest BCUT2D eigenvalue weighted by molar-refractivity contribution is -0.147. The highest BCUT2D eigenvalue weighted by Crippen LogP contribution is 2.31. The minimum absolute atomic E-state index is 0.266. The van der Waals surface area contributed by atoms with Crippen molar-refractivity contribution in [3.63, 3.8) is 0 Å². The van der Waals surface area contributed by atoms with E-state index in [1.807, 2.05) is 0 Å². The fraction of sp³-hybridized carbons (Fsp3) is 0.455. The summed E-state index contributed by atoms with van der Waals surface area (Å²) in [5.41, 5.74) is -0.552. The topological polar surface area (TPSA) is 66.4 Å². The average molecular weight is 310 g/mol. The Labute approximate surface area is 119 Å². The summed E-state index contributed by atoms with van der Waals surface area (Å²) in [6.45, 7) is 3.48. The summed E-state index contributed by atoms with van der Waals surface area (Å²) in [4.78, 5) is 22.6. The molecule has 0 fully saturated rings. The zero-order chi connectivity index (χ0) is 13.9. The summed E-state index contributed by atoms with van der Waals surface area (Å²) in [7, 11) is 0. The van der Waals surface area contributed by atoms with Crippen LogP contribution in [0.25, 0.3) is 0 Å². The first kappa shape index (κ1) is 15.3. The molecule has 1 amide bonds. The molecule has 1 aromatic rings. The molecule has 100 valence electrons. The molecule has 0 saturated heterocycles. The van der Waals surface area contributed by atoms with Crippen molar-refractivity contribution in [3.8, 4) is 0 Å². The highest BCUT2D eigenvalue weighted by molar-refractivity contribution is 7.20. The van der Waals surface area contributed by atoms with Crippen LogP contribution in [-0.4, -0.2) is 23.5 Å². The van der Waals surface area contributed by atoms with Crippen LogP contribution in [0.5, 0.6) is 0 Å². The molecule has 0 aromatic carbocycles. The van der Waals surface area contributed by atoms with Crippen molar-refractivity contribution in [1.82, 2.24) is 5.32 Å². The quantitative estimate of drug-likeness (QED) is 0.877. The van der Waals surface area contributed by atoms with Crippen LogP contribution in [0.1, 0.15) is 30.6 Å². The van der Waals surface area contributed by atoms with Gasteiger partial charge >= 0.3 is 5.97 Å². The van der Waals surface area contributed by atoms with E-state index in [1.165, 1.54) is 6.07 Å². The van der Waals surface area contributed by atoms with Crippen LogP contribution < -0.4 is 5.32 Å². The zero-order valence-corrected chi connectivity index (χ0v) is 12.2. The SMILES string of the molecule is CC(C)(CCNC(=O)c1cc(Cl)sc1Cl)C(=O)O. The van der Waals surface area contributed by atoms with Crippen molar-refractivity contribution in [3.05, 3.63) is 20.3 Å². The van der Waals surface area contributed by atoms with Gasteiger partial charge in [0.25, 0.3) is 5.91 Å². The van der Waals surface area contributed by atoms with Gasteiger partial charge in [-0.3, -0.25) is 9.59 Å². The Morgan fingerprint density at radius 2 is 2.06 bits per heavy atom. The summed E-state index contributed by atoms with van der Waals surface area (Å²) in [6, 6.07) is 1.49. The lowest BCUT2D eigenvalue weighted by Crippen LogP contribution is -2.31.